The number of ketones is 3. The molecule has 34 nitrogen and oxygen atoms in total. The number of anilines is 2. The predicted octanol–water partition coefficient (Wildman–Crippen LogP) is 11.5. The van der Waals surface area contributed by atoms with Gasteiger partial charge in [0.1, 0.15) is 37.4 Å². The minimum absolute atomic E-state index is 0.0127. The summed E-state index contributed by atoms with van der Waals surface area (Å²) in [6.07, 6.45) is -1.08. The van der Waals surface area contributed by atoms with E-state index in [1.165, 1.54) is 37.3 Å². The van der Waals surface area contributed by atoms with Gasteiger partial charge in [0.15, 0.2) is 11.6 Å². The number of likely N-dealkylation sites (tertiary alicyclic amines) is 1. The van der Waals surface area contributed by atoms with Crippen LogP contribution in [-0.2, 0) is 87.7 Å². The van der Waals surface area contributed by atoms with Crippen LogP contribution in [0.2, 0.25) is 0 Å². The van der Waals surface area contributed by atoms with Crippen LogP contribution in [-0.4, -0.2) is 283 Å². The maximum atomic E-state index is 15.0. The Bertz CT molecular complexity index is 4910. The third-order valence-electron chi connectivity index (χ3n) is 25.6. The SMILES string of the molecule is CCC(C)[C@@H]([C@@H](CC(=O)N1CCC[C@H]1[C@H](OC)[C@@H](C)C(=O)C[C@H](C)[C@@H](O)c1ccccc1)OC)N(C)C(=O)[C@@H](CC(=O)[C@H](C(C)C)N(C)C(=O)OCc1ccc(NC(=O)[C@H](CCCNC(N)=O)CC(=O)[C@@H](NC(=O)COCCOCCOCCOc2ccc(N3C(=O)C(Sc4ccc(C(=O)N5CCOCC5)cc4)=C(Sc4ccc(C(=O)N5CCOCC5)cc4)C3=O)c(C#N)c2)C(C)C)cc1)C(C)C. The smallest absolute Gasteiger partial charge is 0.410 e. The van der Waals surface area contributed by atoms with Gasteiger partial charge in [0.2, 0.25) is 23.6 Å². The van der Waals surface area contributed by atoms with Crippen LogP contribution in [0, 0.1) is 58.7 Å². The summed E-state index contributed by atoms with van der Waals surface area (Å²) >= 11 is 2.11. The molecule has 9 rings (SSSR count). The molecule has 12 atom stereocenters. The lowest BCUT2D eigenvalue weighted by atomic mass is 9.83. The summed E-state index contributed by atoms with van der Waals surface area (Å²) in [7, 11) is 6.21. The molecule has 3 saturated heterocycles. The molecular formula is C102H137N11O23S2. The number of likely N-dealkylation sites (N-methyl/N-ethyl adjacent to an activating group) is 2. The zero-order valence-corrected chi connectivity index (χ0v) is 83.4. The van der Waals surface area contributed by atoms with Crippen molar-refractivity contribution in [1.82, 2.24) is 35.1 Å². The highest BCUT2D eigenvalue weighted by Crippen LogP contribution is 2.46. The van der Waals surface area contributed by atoms with Gasteiger partial charge in [-0.05, 0) is 139 Å². The predicted molar refractivity (Wildman–Crippen MR) is 519 cm³/mol. The third kappa shape index (κ3) is 31.3. The highest BCUT2D eigenvalue weighted by atomic mass is 32.2. The number of primary amides is 1. The van der Waals surface area contributed by atoms with Crippen molar-refractivity contribution >= 4 is 112 Å². The fraction of sp³-hybridized carbons (Fsp3) is 0.549. The van der Waals surface area contributed by atoms with Crippen LogP contribution >= 0.6 is 23.5 Å². The lowest BCUT2D eigenvalue weighted by Gasteiger charge is -2.41. The maximum Gasteiger partial charge on any atom is 0.410 e. The number of thioether (sulfide) groups is 2. The topological polar surface area (TPSA) is 431 Å². The first-order valence-electron chi connectivity index (χ1n) is 47.5. The van der Waals surface area contributed by atoms with E-state index < -0.39 is 120 Å². The molecule has 5 aromatic carbocycles. The van der Waals surface area contributed by atoms with E-state index in [1.807, 2.05) is 71.9 Å². The van der Waals surface area contributed by atoms with Crippen LogP contribution in [0.25, 0.3) is 0 Å². The summed E-state index contributed by atoms with van der Waals surface area (Å²) in [6, 6.07) is 31.9. The Kier molecular flexibility index (Phi) is 44.2. The molecule has 1 unspecified atom stereocenters. The van der Waals surface area contributed by atoms with Crippen LogP contribution in [0.15, 0.2) is 141 Å². The normalized spacial score (nSPS) is 17.0. The molecule has 0 saturated carbocycles. The van der Waals surface area contributed by atoms with E-state index >= 15 is 0 Å². The van der Waals surface area contributed by atoms with Gasteiger partial charge in [0.05, 0.1) is 129 Å². The average Bonchev–Trinajstić information content (AvgIpc) is 1.61. The van der Waals surface area contributed by atoms with Gasteiger partial charge in [-0.3, -0.25) is 52.7 Å². The molecule has 4 aliphatic heterocycles. The number of rotatable bonds is 54. The van der Waals surface area contributed by atoms with E-state index in [-0.39, 0.29) is 171 Å². The van der Waals surface area contributed by atoms with Crippen LogP contribution in [0.1, 0.15) is 171 Å². The summed E-state index contributed by atoms with van der Waals surface area (Å²) in [5, 5.41) is 29.6. The second-order valence-corrected chi connectivity index (χ2v) is 38.5. The van der Waals surface area contributed by atoms with Gasteiger partial charge in [0, 0.05) is 137 Å². The molecule has 36 heteroatoms. The number of carbonyl (C=O) groups is 13. The van der Waals surface area contributed by atoms with Crippen molar-refractivity contribution in [3.8, 4) is 11.8 Å². The van der Waals surface area contributed by atoms with Gasteiger partial charge in [-0.15, -0.1) is 0 Å². The number of urea groups is 1. The zero-order chi connectivity index (χ0) is 100. The molecule has 0 aliphatic carbocycles. The molecule has 4 aliphatic rings. The van der Waals surface area contributed by atoms with Gasteiger partial charge in [-0.25, -0.2) is 14.5 Å². The Labute approximate surface area is 817 Å². The van der Waals surface area contributed by atoms with Crippen molar-refractivity contribution < 1.29 is 110 Å². The summed E-state index contributed by atoms with van der Waals surface area (Å²) in [5.74, 6) is -7.85. The minimum Gasteiger partial charge on any atom is -0.491 e. The van der Waals surface area contributed by atoms with Crippen molar-refractivity contribution in [2.45, 2.75) is 186 Å². The third-order valence-corrected chi connectivity index (χ3v) is 27.9. The quantitative estimate of drug-likeness (QED) is 0.0178. The Hall–Kier alpha value is -11.0. The molecule has 3 fully saturated rings. The molecule has 0 radical (unpaired) electrons. The standard InChI is InChI=1S/C102H137N11O23S2/c1-15-66(8)90(85(128-13)59-87(118)112-40-20-24-81(112)92(129-14)68(10)82(114)55-67(9)91(119)70-21-17-16-18-22-70)108(11)98(123)79(63(2)3)58-84(116)89(65(6)7)109(12)102(127)136-61-69-25-31-75(32-26-69)106-95(120)73(23-19-39-105-101(104)126)57-83(115)88(64(4)5)107-86(117)62-134-52-51-132-49-50-133-53-54-135-76-33-38-80(74(56-76)60-103)113-99(124)93(137-77-34-27-71(28-35-77)96(121)110-41-45-130-46-42-110)94(100(113)125)138-78-36-29-72(30-37-78)97(122)111-43-47-131-48-44-111/h16-18,21-22,25-38,56,63-68,73,79,81,85,88-92,119H,15,19-20,23-24,39-55,57-59,61-62H2,1-14H3,(H,106,120)(H,107,117)(H3,104,105,126)/t66?,67-,68-,73+,79-,81-,85+,88-,89-,90-,91+,92+/m0/s1. The largest absolute Gasteiger partial charge is 0.491 e. The Morgan fingerprint density at radius 2 is 1.20 bits per heavy atom. The second-order valence-electron chi connectivity index (χ2n) is 36.3. The van der Waals surface area contributed by atoms with E-state index in [1.54, 1.807) is 134 Å². The number of morpholine rings is 2. The molecule has 11 amide bonds. The first-order chi connectivity index (χ1) is 66.1. The number of imide groups is 1. The van der Waals surface area contributed by atoms with Gasteiger partial charge >= 0.3 is 12.1 Å². The molecule has 0 bridgehead atoms. The van der Waals surface area contributed by atoms with Gasteiger partial charge in [0.25, 0.3) is 23.6 Å². The number of nitriles is 1. The van der Waals surface area contributed by atoms with Crippen molar-refractivity contribution in [3.63, 3.8) is 0 Å². The van der Waals surface area contributed by atoms with Crippen LogP contribution in [0.4, 0.5) is 21.0 Å². The number of aliphatic hydroxyl groups excluding tert-OH is 1. The minimum atomic E-state index is -1.01. The van der Waals surface area contributed by atoms with Crippen LogP contribution in [0.3, 0.4) is 0 Å². The molecule has 138 heavy (non-hydrogen) atoms. The molecule has 5 aromatic rings. The molecule has 6 N–H and O–H groups in total. The number of ether oxygens (including phenoxy) is 9. The fourth-order valence-corrected chi connectivity index (χ4v) is 19.6. The van der Waals surface area contributed by atoms with E-state index in [0.717, 1.165) is 34.0 Å². The number of aliphatic hydroxyl groups is 1. The number of Topliss-reactive ketones (excluding diaryl/α,β-unsaturated/α-hetero) is 3. The Morgan fingerprint density at radius 1 is 0.630 bits per heavy atom. The highest BCUT2D eigenvalue weighted by Gasteiger charge is 2.46. The molecule has 4 heterocycles. The number of nitrogens with zero attached hydrogens (tertiary/aromatic N) is 7. The maximum absolute atomic E-state index is 15.0. The number of hydrogen-bond acceptors (Lipinski definition) is 26. The first-order valence-corrected chi connectivity index (χ1v) is 49.1. The summed E-state index contributed by atoms with van der Waals surface area (Å²) in [4.78, 5) is 191. The van der Waals surface area contributed by atoms with Crippen LogP contribution in [0.5, 0.6) is 5.75 Å². The Morgan fingerprint density at radius 3 is 1.73 bits per heavy atom. The fourth-order valence-electron chi connectivity index (χ4n) is 17.6. The number of nitrogens with one attached hydrogen (secondary N) is 3. The molecule has 750 valence electrons. The summed E-state index contributed by atoms with van der Waals surface area (Å²) in [6.45, 7) is 22.6. The highest BCUT2D eigenvalue weighted by molar-refractivity contribution is 8.08. The van der Waals surface area contributed by atoms with Gasteiger partial charge in [-0.1, -0.05) is 142 Å². The van der Waals surface area contributed by atoms with Crippen molar-refractivity contribution in [3.05, 3.63) is 159 Å². The lowest BCUT2D eigenvalue weighted by molar-refractivity contribution is -0.149. The van der Waals surface area contributed by atoms with E-state index in [0.29, 0.717) is 111 Å². The van der Waals surface area contributed by atoms with E-state index in [4.69, 9.17) is 48.4 Å². The van der Waals surface area contributed by atoms with Crippen molar-refractivity contribution in [2.24, 2.45) is 53.1 Å². The Balaban J connectivity index is 0.700. The number of amides is 11. The van der Waals surface area contributed by atoms with Crippen molar-refractivity contribution in [1.29, 1.82) is 5.26 Å². The summed E-state index contributed by atoms with van der Waals surface area (Å²) < 4.78 is 51.6. The monoisotopic (exact) mass is 1950 g/mol. The van der Waals surface area contributed by atoms with E-state index in [9.17, 15) is 72.7 Å². The zero-order valence-electron chi connectivity index (χ0n) is 81.8. The van der Waals surface area contributed by atoms with E-state index in [2.05, 4.69) is 22.0 Å². The molecule has 0 aromatic heterocycles. The van der Waals surface area contributed by atoms with Crippen molar-refractivity contribution in [2.75, 3.05) is 150 Å². The average molecular weight is 1950 g/mol. The number of nitrogens with two attached hydrogens (primary N) is 1. The van der Waals surface area contributed by atoms with Crippen LogP contribution < -0.4 is 31.3 Å². The first kappa shape index (κ1) is 111. The number of carbonyl (C=O) groups excluding carboxylic acids is 13. The number of methoxy groups -OCH3 is 2. The number of hydrogen-bond donors (Lipinski definition) is 5. The molecule has 0 spiro atoms. The summed E-state index contributed by atoms with van der Waals surface area (Å²) in [5.41, 5.74) is 7.86. The number of benzene rings is 5. The lowest BCUT2D eigenvalue weighted by Crippen LogP contribution is -2.54. The van der Waals surface area contributed by atoms with Gasteiger partial charge < -0.3 is 93.9 Å². The molecular weight excluding hydrogens is 1810 g/mol. The van der Waals surface area contributed by atoms with Gasteiger partial charge in [-0.2, -0.15) is 5.26 Å². The second kappa shape index (κ2) is 55.1.